The molecule has 1 unspecified atom stereocenters. The number of carbonyl (C=O) groups is 1. The van der Waals surface area contributed by atoms with E-state index in [0.29, 0.717) is 29.5 Å². The monoisotopic (exact) mass is 250 g/mol. The van der Waals surface area contributed by atoms with Crippen LogP contribution in [0.5, 0.6) is 5.75 Å². The van der Waals surface area contributed by atoms with Gasteiger partial charge in [-0.2, -0.15) is 0 Å². The highest BCUT2D eigenvalue weighted by molar-refractivity contribution is 5.95. The maximum absolute atomic E-state index is 11.7. The van der Waals surface area contributed by atoms with Crippen molar-refractivity contribution in [3.8, 4) is 5.75 Å². The van der Waals surface area contributed by atoms with Crippen LogP contribution >= 0.6 is 0 Å². The predicted octanol–water partition coefficient (Wildman–Crippen LogP) is 2.44. The van der Waals surface area contributed by atoms with Crippen molar-refractivity contribution < 1.29 is 9.53 Å². The molecule has 1 aromatic rings. The highest BCUT2D eigenvalue weighted by Crippen LogP contribution is 2.25. The highest BCUT2D eigenvalue weighted by atomic mass is 16.5. The number of rotatable bonds is 5. The summed E-state index contributed by atoms with van der Waals surface area (Å²) in [5, 5.41) is 2.75. The summed E-state index contributed by atoms with van der Waals surface area (Å²) in [6, 6.07) is 5.10. The number of anilines is 1. The first kappa shape index (κ1) is 14.4. The molecular weight excluding hydrogens is 228 g/mol. The van der Waals surface area contributed by atoms with E-state index in [4.69, 9.17) is 10.5 Å². The Hall–Kier alpha value is -1.71. The molecule has 3 N–H and O–H groups in total. The minimum absolute atomic E-state index is 0.0526. The Kier molecular flexibility index (Phi) is 5.01. The number of carbonyl (C=O) groups excluding carboxylic acids is 1. The van der Waals surface area contributed by atoms with E-state index < -0.39 is 0 Å². The third-order valence-electron chi connectivity index (χ3n) is 2.86. The van der Waals surface area contributed by atoms with Crippen molar-refractivity contribution >= 4 is 11.6 Å². The summed E-state index contributed by atoms with van der Waals surface area (Å²) in [6.45, 7) is 8.63. The van der Waals surface area contributed by atoms with Crippen LogP contribution < -0.4 is 15.8 Å². The molecule has 0 saturated carbocycles. The van der Waals surface area contributed by atoms with Gasteiger partial charge in [0.05, 0.1) is 11.8 Å². The van der Waals surface area contributed by atoms with Crippen LogP contribution in [0.3, 0.4) is 0 Å². The molecule has 0 bridgehead atoms. The number of nitrogen functional groups attached to an aromatic ring is 1. The minimum Gasteiger partial charge on any atom is -0.488 e. The third kappa shape index (κ3) is 3.65. The molecule has 0 fully saturated rings. The maximum atomic E-state index is 11.7. The smallest absolute Gasteiger partial charge is 0.251 e. The number of nitrogens with one attached hydrogen (secondary N) is 1. The van der Waals surface area contributed by atoms with Gasteiger partial charge >= 0.3 is 0 Å². The second-order valence-corrected chi connectivity index (χ2v) is 4.68. The van der Waals surface area contributed by atoms with Crippen molar-refractivity contribution in [2.75, 3.05) is 12.3 Å². The zero-order chi connectivity index (χ0) is 13.7. The predicted molar refractivity (Wildman–Crippen MR) is 73.8 cm³/mol. The second kappa shape index (κ2) is 6.28. The normalized spacial score (nSPS) is 12.3. The van der Waals surface area contributed by atoms with Gasteiger partial charge in [-0.3, -0.25) is 4.79 Å². The quantitative estimate of drug-likeness (QED) is 0.789. The molecule has 1 rings (SSSR count). The van der Waals surface area contributed by atoms with Crippen molar-refractivity contribution in [2.45, 2.75) is 33.8 Å². The SMILES string of the molecule is CCNC(=O)c1ccc(N)c(OC(C)C(C)C)c1. The first-order chi connectivity index (χ1) is 8.45. The number of ether oxygens (including phenoxy) is 1. The molecular formula is C14H22N2O2. The van der Waals surface area contributed by atoms with Gasteiger partial charge in [-0.25, -0.2) is 0 Å². The minimum atomic E-state index is -0.112. The molecule has 1 aromatic carbocycles. The number of benzene rings is 1. The van der Waals surface area contributed by atoms with Crippen LogP contribution in [-0.2, 0) is 0 Å². The number of hydrogen-bond donors (Lipinski definition) is 2. The van der Waals surface area contributed by atoms with Gasteiger partial charge in [0.25, 0.3) is 5.91 Å². The van der Waals surface area contributed by atoms with E-state index in [0.717, 1.165) is 0 Å². The molecule has 0 heterocycles. The van der Waals surface area contributed by atoms with Crippen LogP contribution in [0.2, 0.25) is 0 Å². The van der Waals surface area contributed by atoms with E-state index in [1.54, 1.807) is 18.2 Å². The summed E-state index contributed by atoms with van der Waals surface area (Å²) in [4.78, 5) is 11.7. The van der Waals surface area contributed by atoms with E-state index in [9.17, 15) is 4.79 Å². The Morgan fingerprint density at radius 1 is 1.39 bits per heavy atom. The lowest BCUT2D eigenvalue weighted by molar-refractivity contribution is 0.0954. The standard InChI is InChI=1S/C14H22N2O2/c1-5-16-14(17)11-6-7-12(15)13(8-11)18-10(4)9(2)3/h6-10H,5,15H2,1-4H3,(H,16,17). The van der Waals surface area contributed by atoms with Crippen molar-refractivity contribution in [3.05, 3.63) is 23.8 Å². The summed E-state index contributed by atoms with van der Waals surface area (Å²) in [5.41, 5.74) is 6.97. The number of amides is 1. The zero-order valence-corrected chi connectivity index (χ0v) is 11.5. The van der Waals surface area contributed by atoms with Crippen molar-refractivity contribution in [2.24, 2.45) is 5.92 Å². The molecule has 1 atom stereocenters. The molecule has 0 spiro atoms. The summed E-state index contributed by atoms with van der Waals surface area (Å²) in [7, 11) is 0. The van der Waals surface area contributed by atoms with Crippen molar-refractivity contribution in [3.63, 3.8) is 0 Å². The van der Waals surface area contributed by atoms with Gasteiger partial charge in [0.1, 0.15) is 5.75 Å². The molecule has 4 nitrogen and oxygen atoms in total. The highest BCUT2D eigenvalue weighted by Gasteiger charge is 2.13. The Balaban J connectivity index is 2.91. The molecule has 0 aliphatic carbocycles. The summed E-state index contributed by atoms with van der Waals surface area (Å²) >= 11 is 0. The van der Waals surface area contributed by atoms with Gasteiger partial charge in [0.2, 0.25) is 0 Å². The van der Waals surface area contributed by atoms with Crippen LogP contribution in [0.15, 0.2) is 18.2 Å². The summed E-state index contributed by atoms with van der Waals surface area (Å²) in [5.74, 6) is 0.844. The molecule has 0 aromatic heterocycles. The van der Waals surface area contributed by atoms with Crippen LogP contribution in [0, 0.1) is 5.92 Å². The first-order valence-electron chi connectivity index (χ1n) is 6.30. The van der Waals surface area contributed by atoms with E-state index >= 15 is 0 Å². The summed E-state index contributed by atoms with van der Waals surface area (Å²) in [6.07, 6.45) is 0.0526. The van der Waals surface area contributed by atoms with Crippen LogP contribution in [0.1, 0.15) is 38.1 Å². The van der Waals surface area contributed by atoms with Crippen LogP contribution in [0.25, 0.3) is 0 Å². The first-order valence-corrected chi connectivity index (χ1v) is 6.30. The van der Waals surface area contributed by atoms with E-state index in [1.807, 2.05) is 13.8 Å². The van der Waals surface area contributed by atoms with Gasteiger partial charge < -0.3 is 15.8 Å². The Labute approximate surface area is 109 Å². The molecule has 1 amide bonds. The van der Waals surface area contributed by atoms with E-state index in [2.05, 4.69) is 19.2 Å². The van der Waals surface area contributed by atoms with Gasteiger partial charge in [0.15, 0.2) is 0 Å². The topological polar surface area (TPSA) is 64.4 Å². The molecule has 100 valence electrons. The molecule has 4 heteroatoms. The number of hydrogen-bond acceptors (Lipinski definition) is 3. The Morgan fingerprint density at radius 3 is 2.61 bits per heavy atom. The van der Waals surface area contributed by atoms with Gasteiger partial charge in [-0.15, -0.1) is 0 Å². The van der Waals surface area contributed by atoms with Gasteiger partial charge in [-0.1, -0.05) is 13.8 Å². The zero-order valence-electron chi connectivity index (χ0n) is 11.5. The van der Waals surface area contributed by atoms with Gasteiger partial charge in [-0.05, 0) is 38.0 Å². The Bertz CT molecular complexity index is 416. The lowest BCUT2D eigenvalue weighted by Gasteiger charge is -2.19. The fourth-order valence-electron chi connectivity index (χ4n) is 1.38. The summed E-state index contributed by atoms with van der Waals surface area (Å²) < 4.78 is 5.77. The fourth-order valence-corrected chi connectivity index (χ4v) is 1.38. The van der Waals surface area contributed by atoms with Crippen LogP contribution in [-0.4, -0.2) is 18.6 Å². The molecule has 0 radical (unpaired) electrons. The second-order valence-electron chi connectivity index (χ2n) is 4.68. The van der Waals surface area contributed by atoms with E-state index in [-0.39, 0.29) is 12.0 Å². The van der Waals surface area contributed by atoms with E-state index in [1.165, 1.54) is 0 Å². The average molecular weight is 250 g/mol. The van der Waals surface area contributed by atoms with Crippen LogP contribution in [0.4, 0.5) is 5.69 Å². The Morgan fingerprint density at radius 2 is 2.06 bits per heavy atom. The third-order valence-corrected chi connectivity index (χ3v) is 2.86. The lowest BCUT2D eigenvalue weighted by Crippen LogP contribution is -2.23. The lowest BCUT2D eigenvalue weighted by atomic mass is 10.1. The fraction of sp³-hybridized carbons (Fsp3) is 0.500. The van der Waals surface area contributed by atoms with Crippen molar-refractivity contribution in [1.82, 2.24) is 5.32 Å². The van der Waals surface area contributed by atoms with Crippen molar-refractivity contribution in [1.29, 1.82) is 0 Å². The molecule has 0 aliphatic heterocycles. The largest absolute Gasteiger partial charge is 0.488 e. The molecule has 18 heavy (non-hydrogen) atoms. The van der Waals surface area contributed by atoms with Gasteiger partial charge in [0, 0.05) is 12.1 Å². The maximum Gasteiger partial charge on any atom is 0.251 e. The molecule has 0 saturated heterocycles. The molecule has 0 aliphatic rings. The average Bonchev–Trinajstić information content (AvgIpc) is 2.31. The number of nitrogens with two attached hydrogens (primary N) is 1.